The van der Waals surface area contributed by atoms with E-state index in [-0.39, 0.29) is 5.54 Å². The molecule has 1 fully saturated rings. The molecule has 1 aliphatic carbocycles. The van der Waals surface area contributed by atoms with Gasteiger partial charge in [-0.1, -0.05) is 40.0 Å². The zero-order chi connectivity index (χ0) is 14.1. The maximum Gasteiger partial charge on any atom is 0.0283 e. The van der Waals surface area contributed by atoms with Crippen molar-refractivity contribution < 1.29 is 0 Å². The van der Waals surface area contributed by atoms with Crippen LogP contribution in [0.25, 0.3) is 0 Å². The Morgan fingerprint density at radius 2 is 1.37 bits per heavy atom. The van der Waals surface area contributed by atoms with Crippen LogP contribution < -0.4 is 5.73 Å². The molecule has 3 heteroatoms. The van der Waals surface area contributed by atoms with Crippen molar-refractivity contribution in [2.45, 2.75) is 64.8 Å². The fraction of sp³-hybridized carbons (Fsp3) is 1.00. The smallest absolute Gasteiger partial charge is 0.0283 e. The van der Waals surface area contributed by atoms with Gasteiger partial charge >= 0.3 is 0 Å². The number of rotatable bonds is 9. The van der Waals surface area contributed by atoms with Gasteiger partial charge in [0.05, 0.1) is 0 Å². The normalized spacial score (nSPS) is 19.3. The predicted molar refractivity (Wildman–Crippen MR) is 84.5 cm³/mol. The summed E-state index contributed by atoms with van der Waals surface area (Å²) in [6.07, 6.45) is 7.75. The molecule has 0 atom stereocenters. The molecule has 0 bridgehead atoms. The van der Waals surface area contributed by atoms with Crippen molar-refractivity contribution in [1.82, 2.24) is 9.80 Å². The minimum atomic E-state index is 0.101. The first-order chi connectivity index (χ1) is 9.13. The fourth-order valence-corrected chi connectivity index (χ4v) is 3.27. The summed E-state index contributed by atoms with van der Waals surface area (Å²) in [4.78, 5) is 5.07. The van der Waals surface area contributed by atoms with Crippen LogP contribution in [0.4, 0.5) is 0 Å². The largest absolute Gasteiger partial charge is 0.324 e. The third-order valence-electron chi connectivity index (χ3n) is 4.68. The lowest BCUT2D eigenvalue weighted by Crippen LogP contribution is -2.51. The molecule has 1 aliphatic rings. The van der Waals surface area contributed by atoms with Gasteiger partial charge in [0.25, 0.3) is 0 Å². The van der Waals surface area contributed by atoms with Crippen molar-refractivity contribution in [3.05, 3.63) is 0 Å². The molecule has 0 aromatic rings. The molecule has 0 aromatic heterocycles. The maximum atomic E-state index is 6.57. The van der Waals surface area contributed by atoms with Crippen molar-refractivity contribution in [3.63, 3.8) is 0 Å². The second-order valence-electron chi connectivity index (χ2n) is 6.17. The van der Waals surface area contributed by atoms with Gasteiger partial charge in [0, 0.05) is 12.1 Å². The van der Waals surface area contributed by atoms with E-state index in [1.807, 2.05) is 0 Å². The van der Waals surface area contributed by atoms with Crippen LogP contribution in [0.5, 0.6) is 0 Å². The first-order valence-electron chi connectivity index (χ1n) is 8.37. The minimum absolute atomic E-state index is 0.101. The van der Waals surface area contributed by atoms with Crippen LogP contribution >= 0.6 is 0 Å². The quantitative estimate of drug-likeness (QED) is 0.698. The van der Waals surface area contributed by atoms with Crippen molar-refractivity contribution in [2.24, 2.45) is 5.73 Å². The molecule has 0 aromatic carbocycles. The fourth-order valence-electron chi connectivity index (χ4n) is 3.27. The van der Waals surface area contributed by atoms with Crippen LogP contribution in [0.15, 0.2) is 0 Å². The Labute approximate surface area is 120 Å². The van der Waals surface area contributed by atoms with E-state index in [4.69, 9.17) is 5.73 Å². The molecule has 0 radical (unpaired) electrons. The molecule has 3 nitrogen and oxygen atoms in total. The molecule has 0 aliphatic heterocycles. The van der Waals surface area contributed by atoms with Crippen LogP contribution in [0.3, 0.4) is 0 Å². The summed E-state index contributed by atoms with van der Waals surface area (Å²) in [5, 5.41) is 0. The summed E-state index contributed by atoms with van der Waals surface area (Å²) in [5.74, 6) is 0. The summed E-state index contributed by atoms with van der Waals surface area (Å²) >= 11 is 0. The highest BCUT2D eigenvalue weighted by Crippen LogP contribution is 2.26. The third kappa shape index (κ3) is 6.24. The van der Waals surface area contributed by atoms with Crippen LogP contribution in [-0.2, 0) is 0 Å². The zero-order valence-corrected chi connectivity index (χ0v) is 13.5. The van der Waals surface area contributed by atoms with Crippen molar-refractivity contribution in [3.8, 4) is 0 Å². The predicted octanol–water partition coefficient (Wildman–Crippen LogP) is 2.70. The average Bonchev–Trinajstić information content (AvgIpc) is 2.43. The number of hydrogen-bond acceptors (Lipinski definition) is 3. The van der Waals surface area contributed by atoms with Gasteiger partial charge in [0.2, 0.25) is 0 Å². The molecule has 0 unspecified atom stereocenters. The molecule has 0 amide bonds. The van der Waals surface area contributed by atoms with Crippen molar-refractivity contribution in [1.29, 1.82) is 0 Å². The van der Waals surface area contributed by atoms with E-state index in [0.717, 1.165) is 13.1 Å². The van der Waals surface area contributed by atoms with Crippen molar-refractivity contribution >= 4 is 0 Å². The lowest BCUT2D eigenvalue weighted by molar-refractivity contribution is 0.169. The summed E-state index contributed by atoms with van der Waals surface area (Å²) in [6, 6.07) is 0. The van der Waals surface area contributed by atoms with E-state index < -0.39 is 0 Å². The summed E-state index contributed by atoms with van der Waals surface area (Å²) in [5.41, 5.74) is 6.67. The van der Waals surface area contributed by atoms with Crippen LogP contribution in [0, 0.1) is 0 Å². The first-order valence-corrected chi connectivity index (χ1v) is 8.37. The van der Waals surface area contributed by atoms with Gasteiger partial charge in [-0.2, -0.15) is 0 Å². The van der Waals surface area contributed by atoms with Crippen LogP contribution in [-0.4, -0.2) is 54.6 Å². The van der Waals surface area contributed by atoms with Crippen LogP contribution in [0.2, 0.25) is 0 Å². The topological polar surface area (TPSA) is 32.5 Å². The highest BCUT2D eigenvalue weighted by Gasteiger charge is 2.28. The second kappa shape index (κ2) is 8.93. The van der Waals surface area contributed by atoms with Gasteiger partial charge < -0.3 is 15.5 Å². The summed E-state index contributed by atoms with van der Waals surface area (Å²) < 4.78 is 0. The van der Waals surface area contributed by atoms with Gasteiger partial charge in [0.15, 0.2) is 0 Å². The van der Waals surface area contributed by atoms with Gasteiger partial charge in [-0.15, -0.1) is 0 Å². The number of hydrogen-bond donors (Lipinski definition) is 1. The Morgan fingerprint density at radius 3 is 1.89 bits per heavy atom. The number of likely N-dealkylation sites (N-methyl/N-ethyl adjacent to an activating group) is 1. The second-order valence-corrected chi connectivity index (χ2v) is 6.17. The molecule has 0 spiro atoms. The molecule has 2 N–H and O–H groups in total. The molecular formula is C16H35N3. The van der Waals surface area contributed by atoms with Crippen molar-refractivity contribution in [2.75, 3.05) is 39.3 Å². The third-order valence-corrected chi connectivity index (χ3v) is 4.68. The van der Waals surface area contributed by atoms with E-state index in [2.05, 4.69) is 30.6 Å². The van der Waals surface area contributed by atoms with Gasteiger partial charge in [-0.05, 0) is 52.0 Å². The van der Waals surface area contributed by atoms with E-state index in [1.54, 1.807) is 0 Å². The summed E-state index contributed by atoms with van der Waals surface area (Å²) in [7, 11) is 0. The molecule has 1 rings (SSSR count). The molecule has 0 saturated heterocycles. The molecule has 114 valence electrons. The van der Waals surface area contributed by atoms with Gasteiger partial charge in [-0.25, -0.2) is 0 Å². The van der Waals surface area contributed by atoms with Crippen LogP contribution in [0.1, 0.15) is 59.3 Å². The lowest BCUT2D eigenvalue weighted by atomic mass is 9.82. The Hall–Kier alpha value is -0.120. The van der Waals surface area contributed by atoms with E-state index in [1.165, 1.54) is 64.7 Å². The minimum Gasteiger partial charge on any atom is -0.324 e. The highest BCUT2D eigenvalue weighted by molar-refractivity contribution is 4.90. The van der Waals surface area contributed by atoms with E-state index in [9.17, 15) is 0 Å². The van der Waals surface area contributed by atoms with Gasteiger partial charge in [-0.3, -0.25) is 0 Å². The zero-order valence-electron chi connectivity index (χ0n) is 13.5. The van der Waals surface area contributed by atoms with E-state index >= 15 is 0 Å². The monoisotopic (exact) mass is 269 g/mol. The Morgan fingerprint density at radius 1 is 0.842 bits per heavy atom. The number of nitrogens with zero attached hydrogens (tertiary/aromatic N) is 2. The average molecular weight is 269 g/mol. The Bertz CT molecular complexity index is 220. The molecule has 0 heterocycles. The van der Waals surface area contributed by atoms with Gasteiger partial charge in [0.1, 0.15) is 0 Å². The highest BCUT2D eigenvalue weighted by atomic mass is 15.2. The van der Waals surface area contributed by atoms with E-state index in [0.29, 0.717) is 0 Å². The maximum absolute atomic E-state index is 6.57. The standard InChI is InChI=1S/C16H35N3/c1-4-18(5-2)13-10-14-19(6-3)15-16(17)11-8-7-9-12-16/h4-15,17H2,1-3H3. The Balaban J connectivity index is 2.28. The number of nitrogens with two attached hydrogens (primary N) is 1. The summed E-state index contributed by atoms with van der Waals surface area (Å²) in [6.45, 7) is 13.8. The SMILES string of the molecule is CCN(CC)CCCN(CC)CC1(N)CCCCC1. The first kappa shape index (κ1) is 16.9. The molecule has 1 saturated carbocycles. The molecular weight excluding hydrogens is 234 g/mol. The Kier molecular flexibility index (Phi) is 7.96. The molecule has 19 heavy (non-hydrogen) atoms. The lowest BCUT2D eigenvalue weighted by Gasteiger charge is -2.38.